The number of nitrogens with one attached hydrogen (secondary N) is 1. The van der Waals surface area contributed by atoms with Crippen LogP contribution in [0.15, 0.2) is 23.9 Å². The van der Waals surface area contributed by atoms with E-state index in [9.17, 15) is 29.8 Å². The Labute approximate surface area is 252 Å². The first kappa shape index (κ1) is 32.6. The van der Waals surface area contributed by atoms with Crippen LogP contribution in [0.25, 0.3) is 11.2 Å². The van der Waals surface area contributed by atoms with Crippen LogP contribution in [0.4, 0.5) is 17.7 Å². The molecule has 8 atom stereocenters. The number of anilines is 3. The summed E-state index contributed by atoms with van der Waals surface area (Å²) in [6, 6.07) is 0. The van der Waals surface area contributed by atoms with Crippen molar-refractivity contribution < 1.29 is 58.6 Å². The third kappa shape index (κ3) is 6.90. The Hall–Kier alpha value is -3.80. The summed E-state index contributed by atoms with van der Waals surface area (Å²) >= 11 is 0. The summed E-state index contributed by atoms with van der Waals surface area (Å²) in [7, 11) is -3.45. The average molecular weight is 660 g/mol. The molecule has 5 rings (SSSR count). The number of ether oxygens (including phenoxy) is 2. The van der Waals surface area contributed by atoms with Gasteiger partial charge in [-0.25, -0.2) is 14.8 Å². The topological polar surface area (TPSA) is 307 Å². The molecule has 9 N–H and O–H groups in total. The summed E-state index contributed by atoms with van der Waals surface area (Å²) in [4.78, 5) is 40.9. The lowest BCUT2D eigenvalue weighted by atomic mass is 10.1. The number of aliphatic hydroxyl groups excluding tert-OH is 3. The first-order chi connectivity index (χ1) is 21.5. The number of H-pyrrole nitrogens is 1. The molecule has 0 spiro atoms. The number of rotatable bonds is 13. The molecule has 0 aliphatic carbocycles. The molecule has 3 aromatic rings. The van der Waals surface area contributed by atoms with Crippen LogP contribution in [-0.4, -0.2) is 99.9 Å². The van der Waals surface area contributed by atoms with Gasteiger partial charge in [-0.3, -0.25) is 18.9 Å². The number of hydrogen-bond donors (Lipinski definition) is 7. The van der Waals surface area contributed by atoms with Gasteiger partial charge in [0, 0.05) is 12.6 Å². The maximum atomic E-state index is 12.0. The number of aromatic nitrogens is 6. The number of fused-ring (bicyclic) bond motifs is 1. The molecular formula is C22H30N9O13P. The summed E-state index contributed by atoms with van der Waals surface area (Å²) in [5.74, 6) is -0.712. The van der Waals surface area contributed by atoms with E-state index < -0.39 is 69.3 Å². The van der Waals surface area contributed by atoms with Crippen molar-refractivity contribution in [1.82, 2.24) is 29.5 Å². The van der Waals surface area contributed by atoms with Gasteiger partial charge in [-0.15, -0.1) is 9.35 Å². The number of nitrogens with zero attached hydrogens (tertiary/aromatic N) is 6. The van der Waals surface area contributed by atoms with Gasteiger partial charge in [0.15, 0.2) is 23.6 Å². The number of aromatic amines is 1. The van der Waals surface area contributed by atoms with Crippen molar-refractivity contribution in [3.05, 3.63) is 35.0 Å². The van der Waals surface area contributed by atoms with E-state index >= 15 is 0 Å². The lowest BCUT2D eigenvalue weighted by molar-refractivity contribution is -0.475. The van der Waals surface area contributed by atoms with Gasteiger partial charge in [-0.2, -0.15) is 15.0 Å². The van der Waals surface area contributed by atoms with Crippen molar-refractivity contribution in [2.24, 2.45) is 0 Å². The molecule has 2 aliphatic rings. The van der Waals surface area contributed by atoms with E-state index in [1.54, 1.807) is 0 Å². The highest BCUT2D eigenvalue weighted by Gasteiger charge is 2.46. The molecule has 2 fully saturated rings. The van der Waals surface area contributed by atoms with Gasteiger partial charge in [-0.1, -0.05) is 11.6 Å². The Morgan fingerprint density at radius 1 is 1.18 bits per heavy atom. The second kappa shape index (κ2) is 13.7. The van der Waals surface area contributed by atoms with Crippen LogP contribution in [0.3, 0.4) is 0 Å². The SMILES string of the molecule is C=CN(c1nc(N)nc(O)c1C)[C@@H]1O[C@H](COO[PH](=O)OOOC[C@@H]2C[C@H](O)C(n3cnc4c(=O)[nH]c(N)nc43)O2)C(O)C1O. The lowest BCUT2D eigenvalue weighted by Gasteiger charge is -2.29. The van der Waals surface area contributed by atoms with Crippen molar-refractivity contribution in [1.29, 1.82) is 0 Å². The molecule has 5 heterocycles. The number of aromatic hydroxyl groups is 1. The van der Waals surface area contributed by atoms with Gasteiger partial charge in [0.25, 0.3) is 5.56 Å². The van der Waals surface area contributed by atoms with Crippen molar-refractivity contribution in [2.45, 2.75) is 56.3 Å². The highest BCUT2D eigenvalue weighted by Crippen LogP contribution is 2.34. The van der Waals surface area contributed by atoms with Crippen LogP contribution in [0.2, 0.25) is 0 Å². The maximum Gasteiger partial charge on any atom is 0.376 e. The summed E-state index contributed by atoms with van der Waals surface area (Å²) in [5, 5.41) is 45.8. The Morgan fingerprint density at radius 3 is 2.71 bits per heavy atom. The van der Waals surface area contributed by atoms with Gasteiger partial charge < -0.3 is 46.3 Å². The molecular weight excluding hydrogens is 629 g/mol. The molecule has 4 unspecified atom stereocenters. The van der Waals surface area contributed by atoms with Crippen molar-refractivity contribution >= 4 is 37.1 Å². The molecule has 23 heteroatoms. The largest absolute Gasteiger partial charge is 0.493 e. The van der Waals surface area contributed by atoms with Gasteiger partial charge in [0.1, 0.15) is 43.4 Å². The van der Waals surface area contributed by atoms with Gasteiger partial charge in [0.2, 0.25) is 17.8 Å². The molecule has 0 radical (unpaired) electrons. The fourth-order valence-corrected chi connectivity index (χ4v) is 5.00. The van der Waals surface area contributed by atoms with Crippen LogP contribution in [-0.2, 0) is 38.2 Å². The molecule has 0 aromatic carbocycles. The van der Waals surface area contributed by atoms with E-state index in [0.29, 0.717) is 0 Å². The monoisotopic (exact) mass is 659 g/mol. The van der Waals surface area contributed by atoms with Crippen molar-refractivity contribution in [2.75, 3.05) is 29.6 Å². The third-order valence-corrected chi connectivity index (χ3v) is 7.28. The molecule has 0 amide bonds. The van der Waals surface area contributed by atoms with Crippen molar-refractivity contribution in [3.63, 3.8) is 0 Å². The fourth-order valence-electron chi connectivity index (χ4n) is 4.70. The Bertz CT molecular complexity index is 1610. The average Bonchev–Trinajstić information content (AvgIpc) is 3.65. The van der Waals surface area contributed by atoms with Crippen LogP contribution < -0.4 is 21.9 Å². The van der Waals surface area contributed by atoms with Crippen LogP contribution in [0, 0.1) is 6.92 Å². The van der Waals surface area contributed by atoms with Crippen LogP contribution in [0.1, 0.15) is 18.2 Å². The maximum absolute atomic E-state index is 12.0. The Kier molecular flexibility index (Phi) is 9.91. The number of nitrogens with two attached hydrogens (primary N) is 2. The number of hydrogen-bond acceptors (Lipinski definition) is 20. The first-order valence-corrected chi connectivity index (χ1v) is 14.3. The van der Waals surface area contributed by atoms with Gasteiger partial charge >= 0.3 is 8.25 Å². The molecule has 22 nitrogen and oxygen atoms in total. The van der Waals surface area contributed by atoms with Crippen LogP contribution in [0.5, 0.6) is 5.88 Å². The Morgan fingerprint density at radius 2 is 1.96 bits per heavy atom. The molecule has 0 bridgehead atoms. The fraction of sp³-hybridized carbons (Fsp3) is 0.500. The molecule has 2 saturated heterocycles. The lowest BCUT2D eigenvalue weighted by Crippen LogP contribution is -2.42. The summed E-state index contributed by atoms with van der Waals surface area (Å²) < 4.78 is 33.7. The summed E-state index contributed by atoms with van der Waals surface area (Å²) in [6.45, 7) is 4.35. The summed E-state index contributed by atoms with van der Waals surface area (Å²) in [5.41, 5.74) is 11.0. The molecule has 246 valence electrons. The van der Waals surface area contributed by atoms with Crippen LogP contribution >= 0.6 is 8.25 Å². The van der Waals surface area contributed by atoms with E-state index in [0.717, 1.165) is 0 Å². The standard InChI is InChI=1S/C22H30N9O13P/c1-3-30(15-8(2)17(35)28-21(23)26-15)20-14(34)13(33)11(41-20)6-39-43-45(37)44-42-38-5-9-4-10(32)19(40-9)31-7-25-12-16(31)27-22(24)29-18(12)36/h3,7,9-11,13-14,19-20,32-34,45H,1,4-6H2,2H3,(H3,23,26,28,35)(H3,24,27,29,36)/t9-,10-,11+,13?,14?,19?,20+/m0/s1. The molecule has 0 saturated carbocycles. The normalized spacial score (nSPS) is 27.2. The molecule has 2 aliphatic heterocycles. The predicted octanol–water partition coefficient (Wildman–Crippen LogP) is -1.95. The minimum absolute atomic E-state index is 0.0107. The smallest absolute Gasteiger partial charge is 0.376 e. The minimum atomic E-state index is -3.45. The van der Waals surface area contributed by atoms with Crippen molar-refractivity contribution in [3.8, 4) is 5.88 Å². The summed E-state index contributed by atoms with van der Waals surface area (Å²) in [6.07, 6.45) is -5.50. The van der Waals surface area contributed by atoms with E-state index in [1.165, 1.54) is 28.9 Å². The first-order valence-electron chi connectivity index (χ1n) is 13.1. The number of nitrogen functional groups attached to an aromatic ring is 2. The van der Waals surface area contributed by atoms with E-state index in [1.807, 2.05) is 0 Å². The third-order valence-electron chi connectivity index (χ3n) is 6.82. The second-order valence-corrected chi connectivity index (χ2v) is 10.6. The molecule has 45 heavy (non-hydrogen) atoms. The number of imidazole rings is 1. The highest BCUT2D eigenvalue weighted by molar-refractivity contribution is 7.32. The zero-order valence-electron chi connectivity index (χ0n) is 23.3. The zero-order chi connectivity index (χ0) is 32.4. The van der Waals surface area contributed by atoms with Gasteiger partial charge in [-0.05, 0) is 6.92 Å². The Balaban J connectivity index is 1.04. The zero-order valence-corrected chi connectivity index (χ0v) is 24.3. The second-order valence-electron chi connectivity index (χ2n) is 9.77. The quantitative estimate of drug-likeness (QED) is 0.0454. The highest BCUT2D eigenvalue weighted by atomic mass is 31.1. The van der Waals surface area contributed by atoms with E-state index in [-0.39, 0.29) is 47.5 Å². The number of aliphatic hydroxyl groups is 3. The molecule has 3 aromatic heterocycles. The predicted molar refractivity (Wildman–Crippen MR) is 147 cm³/mol. The van der Waals surface area contributed by atoms with Gasteiger partial charge in [0.05, 0.1) is 18.0 Å². The van der Waals surface area contributed by atoms with E-state index in [2.05, 4.69) is 45.9 Å². The van der Waals surface area contributed by atoms with E-state index in [4.69, 9.17) is 30.7 Å². The minimum Gasteiger partial charge on any atom is -0.493 e.